The standard InChI is InChI=1S/C21H21N5/c1-2-14(10-22-7-1)21-24-18-4-3-17-19(20(18)25-21)15(11-23-17)16-12-26-8-5-13(16)6-9-26/h1-4,7,10-11,13,16,23H,5-6,8-9,12H2,(H,24,25). The van der Waals surface area contributed by atoms with Gasteiger partial charge >= 0.3 is 0 Å². The summed E-state index contributed by atoms with van der Waals surface area (Å²) in [6.07, 6.45) is 8.54. The number of piperidine rings is 3. The number of H-pyrrole nitrogens is 2. The topological polar surface area (TPSA) is 60.6 Å². The number of pyridine rings is 1. The molecule has 0 amide bonds. The third-order valence-electron chi connectivity index (χ3n) is 6.32. The van der Waals surface area contributed by atoms with Gasteiger partial charge in [0, 0.05) is 47.5 Å². The average Bonchev–Trinajstić information content (AvgIpc) is 3.33. The summed E-state index contributed by atoms with van der Waals surface area (Å²) in [6, 6.07) is 8.30. The molecule has 3 aromatic heterocycles. The molecular weight excluding hydrogens is 322 g/mol. The minimum absolute atomic E-state index is 0.621. The summed E-state index contributed by atoms with van der Waals surface area (Å²) in [7, 11) is 0. The molecule has 3 saturated heterocycles. The summed E-state index contributed by atoms with van der Waals surface area (Å²) in [4.78, 5) is 18.8. The van der Waals surface area contributed by atoms with Crippen molar-refractivity contribution >= 4 is 21.9 Å². The van der Waals surface area contributed by atoms with Crippen LogP contribution in [-0.4, -0.2) is 44.5 Å². The number of aromatic amines is 2. The van der Waals surface area contributed by atoms with Crippen LogP contribution in [0.3, 0.4) is 0 Å². The lowest BCUT2D eigenvalue weighted by Crippen LogP contribution is -2.46. The Hall–Kier alpha value is -2.66. The number of hydrogen-bond donors (Lipinski definition) is 2. The molecule has 3 fully saturated rings. The van der Waals surface area contributed by atoms with Gasteiger partial charge in [-0.1, -0.05) is 0 Å². The summed E-state index contributed by atoms with van der Waals surface area (Å²) in [5.41, 5.74) is 5.83. The van der Waals surface area contributed by atoms with E-state index in [2.05, 4.69) is 38.2 Å². The molecule has 1 unspecified atom stereocenters. The summed E-state index contributed by atoms with van der Waals surface area (Å²) in [6.45, 7) is 3.73. The molecule has 2 N–H and O–H groups in total. The molecule has 7 rings (SSSR count). The van der Waals surface area contributed by atoms with Gasteiger partial charge in [0.2, 0.25) is 0 Å². The van der Waals surface area contributed by atoms with E-state index in [-0.39, 0.29) is 0 Å². The van der Waals surface area contributed by atoms with Gasteiger partial charge in [0.1, 0.15) is 5.82 Å². The Morgan fingerprint density at radius 1 is 1.08 bits per heavy atom. The lowest BCUT2D eigenvalue weighted by molar-refractivity contribution is 0.0877. The van der Waals surface area contributed by atoms with E-state index in [9.17, 15) is 0 Å². The maximum atomic E-state index is 4.97. The Balaban J connectivity index is 1.54. The predicted octanol–water partition coefficient (Wildman–Crippen LogP) is 3.92. The molecule has 3 aliphatic heterocycles. The van der Waals surface area contributed by atoms with Gasteiger partial charge in [-0.25, -0.2) is 4.98 Å². The molecule has 4 aromatic rings. The van der Waals surface area contributed by atoms with Crippen molar-refractivity contribution in [1.29, 1.82) is 0 Å². The maximum absolute atomic E-state index is 4.97. The molecule has 0 radical (unpaired) electrons. The van der Waals surface area contributed by atoms with Crippen LogP contribution in [0, 0.1) is 5.92 Å². The van der Waals surface area contributed by atoms with Gasteiger partial charge in [-0.05, 0) is 61.7 Å². The zero-order valence-electron chi connectivity index (χ0n) is 14.6. The summed E-state index contributed by atoms with van der Waals surface area (Å²) in [5.74, 6) is 2.32. The van der Waals surface area contributed by atoms with Gasteiger partial charge in [0.05, 0.1) is 11.0 Å². The Morgan fingerprint density at radius 3 is 2.73 bits per heavy atom. The molecule has 5 nitrogen and oxygen atoms in total. The van der Waals surface area contributed by atoms with Gasteiger partial charge in [0.15, 0.2) is 0 Å². The Kier molecular flexibility index (Phi) is 3.02. The van der Waals surface area contributed by atoms with Gasteiger partial charge < -0.3 is 14.9 Å². The van der Waals surface area contributed by atoms with Gasteiger partial charge in [0.25, 0.3) is 0 Å². The number of nitrogens with zero attached hydrogens (tertiary/aromatic N) is 3. The number of imidazole rings is 1. The van der Waals surface area contributed by atoms with Crippen LogP contribution < -0.4 is 0 Å². The molecule has 1 aromatic carbocycles. The van der Waals surface area contributed by atoms with E-state index >= 15 is 0 Å². The zero-order valence-corrected chi connectivity index (χ0v) is 14.6. The quantitative estimate of drug-likeness (QED) is 0.580. The highest BCUT2D eigenvalue weighted by Crippen LogP contribution is 2.42. The largest absolute Gasteiger partial charge is 0.361 e. The molecule has 2 bridgehead atoms. The van der Waals surface area contributed by atoms with Gasteiger partial charge in [-0.3, -0.25) is 4.98 Å². The number of hydrogen-bond acceptors (Lipinski definition) is 3. The molecule has 0 spiro atoms. The number of nitrogens with one attached hydrogen (secondary N) is 2. The summed E-state index contributed by atoms with van der Waals surface area (Å²) in [5, 5.41) is 1.30. The minimum Gasteiger partial charge on any atom is -0.361 e. The lowest BCUT2D eigenvalue weighted by atomic mass is 9.75. The van der Waals surface area contributed by atoms with Crippen LogP contribution in [0.5, 0.6) is 0 Å². The first-order chi connectivity index (χ1) is 12.9. The first-order valence-electron chi connectivity index (χ1n) is 9.49. The molecule has 0 saturated carbocycles. The molecule has 1 atom stereocenters. The molecule has 130 valence electrons. The Labute approximate surface area is 151 Å². The highest BCUT2D eigenvalue weighted by molar-refractivity contribution is 6.06. The van der Waals surface area contributed by atoms with E-state index in [1.54, 1.807) is 6.20 Å². The fourth-order valence-electron chi connectivity index (χ4n) is 4.97. The number of rotatable bonds is 2. The van der Waals surface area contributed by atoms with Crippen molar-refractivity contribution in [3.05, 3.63) is 48.4 Å². The van der Waals surface area contributed by atoms with Gasteiger partial charge in [-0.15, -0.1) is 0 Å². The second kappa shape index (κ2) is 5.42. The van der Waals surface area contributed by atoms with E-state index in [0.717, 1.165) is 28.3 Å². The summed E-state index contributed by atoms with van der Waals surface area (Å²) < 4.78 is 0. The minimum atomic E-state index is 0.621. The van der Waals surface area contributed by atoms with Crippen molar-refractivity contribution in [2.45, 2.75) is 18.8 Å². The van der Waals surface area contributed by atoms with Crippen molar-refractivity contribution < 1.29 is 0 Å². The number of benzene rings is 1. The third-order valence-corrected chi connectivity index (χ3v) is 6.32. The van der Waals surface area contributed by atoms with E-state index in [4.69, 9.17) is 4.98 Å². The smallest absolute Gasteiger partial charge is 0.140 e. The van der Waals surface area contributed by atoms with Crippen LogP contribution in [0.4, 0.5) is 0 Å². The number of aromatic nitrogens is 4. The monoisotopic (exact) mass is 343 g/mol. The highest BCUT2D eigenvalue weighted by atomic mass is 15.1. The lowest BCUT2D eigenvalue weighted by Gasteiger charge is -2.44. The van der Waals surface area contributed by atoms with Crippen molar-refractivity contribution in [1.82, 2.24) is 24.8 Å². The van der Waals surface area contributed by atoms with Crippen LogP contribution in [0.1, 0.15) is 24.3 Å². The van der Waals surface area contributed by atoms with Crippen LogP contribution in [-0.2, 0) is 0 Å². The molecule has 3 aliphatic rings. The molecule has 6 heterocycles. The predicted molar refractivity (Wildman–Crippen MR) is 103 cm³/mol. The van der Waals surface area contributed by atoms with E-state index in [1.807, 2.05) is 18.3 Å². The van der Waals surface area contributed by atoms with Crippen molar-refractivity contribution in [2.75, 3.05) is 19.6 Å². The average molecular weight is 343 g/mol. The first-order valence-corrected chi connectivity index (χ1v) is 9.49. The Bertz CT molecular complexity index is 1090. The van der Waals surface area contributed by atoms with Crippen molar-refractivity contribution in [2.24, 2.45) is 5.92 Å². The van der Waals surface area contributed by atoms with Crippen LogP contribution in [0.2, 0.25) is 0 Å². The van der Waals surface area contributed by atoms with Gasteiger partial charge in [-0.2, -0.15) is 0 Å². The van der Waals surface area contributed by atoms with E-state index in [1.165, 1.54) is 48.9 Å². The second-order valence-electron chi connectivity index (χ2n) is 7.70. The third kappa shape index (κ3) is 2.07. The molecule has 0 aliphatic carbocycles. The normalized spacial score (nSPS) is 25.3. The number of fused-ring (bicyclic) bond motifs is 6. The van der Waals surface area contributed by atoms with Crippen molar-refractivity contribution in [3.63, 3.8) is 0 Å². The molecular formula is C21H21N5. The van der Waals surface area contributed by atoms with Crippen molar-refractivity contribution in [3.8, 4) is 11.4 Å². The van der Waals surface area contributed by atoms with E-state index < -0.39 is 0 Å². The molecule has 5 heteroatoms. The summed E-state index contributed by atoms with van der Waals surface area (Å²) >= 11 is 0. The van der Waals surface area contributed by atoms with E-state index in [0.29, 0.717) is 5.92 Å². The van der Waals surface area contributed by atoms with Crippen LogP contribution in [0.25, 0.3) is 33.3 Å². The maximum Gasteiger partial charge on any atom is 0.140 e. The fourth-order valence-corrected chi connectivity index (χ4v) is 4.97. The second-order valence-corrected chi connectivity index (χ2v) is 7.70. The Morgan fingerprint density at radius 2 is 1.96 bits per heavy atom. The first kappa shape index (κ1) is 14.5. The highest BCUT2D eigenvalue weighted by Gasteiger charge is 2.36. The zero-order chi connectivity index (χ0) is 17.1. The van der Waals surface area contributed by atoms with Crippen LogP contribution in [0.15, 0.2) is 42.9 Å². The van der Waals surface area contributed by atoms with Crippen LogP contribution >= 0.6 is 0 Å². The fraction of sp³-hybridized carbons (Fsp3) is 0.333. The SMILES string of the molecule is c1cncc(-c2nc3c(ccc4[nH]cc(C5CN6CCC5CC6)c43)[nH]2)c1. The molecule has 26 heavy (non-hydrogen) atoms.